The van der Waals surface area contributed by atoms with Gasteiger partial charge in [0.25, 0.3) is 0 Å². The van der Waals surface area contributed by atoms with Gasteiger partial charge in [-0.2, -0.15) is 0 Å². The zero-order valence-electron chi connectivity index (χ0n) is 10.2. The van der Waals surface area contributed by atoms with Crippen molar-refractivity contribution in [3.05, 3.63) is 29.8 Å². The Morgan fingerprint density at radius 1 is 1.29 bits per heavy atom. The summed E-state index contributed by atoms with van der Waals surface area (Å²) in [7, 11) is 0. The molecule has 0 saturated heterocycles. The van der Waals surface area contributed by atoms with Crippen LogP contribution in [0, 0.1) is 5.92 Å². The van der Waals surface area contributed by atoms with Crippen molar-refractivity contribution in [2.24, 2.45) is 5.92 Å². The van der Waals surface area contributed by atoms with E-state index in [4.69, 9.17) is 10.5 Å². The third kappa shape index (κ3) is 2.78. The summed E-state index contributed by atoms with van der Waals surface area (Å²) < 4.78 is 5.55. The first-order chi connectivity index (χ1) is 8.18. The van der Waals surface area contributed by atoms with Crippen LogP contribution in [-0.2, 0) is 4.74 Å². The number of nitrogen functional groups attached to an aromatic ring is 1. The minimum absolute atomic E-state index is 0.0517. The fourth-order valence-corrected chi connectivity index (χ4v) is 2.34. The third-order valence-electron chi connectivity index (χ3n) is 3.47. The minimum Gasteiger partial charge on any atom is -0.458 e. The molecule has 0 aromatic heterocycles. The number of benzene rings is 1. The molecule has 0 amide bonds. The Labute approximate surface area is 102 Å². The van der Waals surface area contributed by atoms with Gasteiger partial charge in [-0.25, -0.2) is 4.79 Å². The Balaban J connectivity index is 2.04. The number of rotatable bonds is 2. The van der Waals surface area contributed by atoms with Crippen molar-refractivity contribution in [1.29, 1.82) is 0 Å². The second-order valence-corrected chi connectivity index (χ2v) is 4.79. The maximum atomic E-state index is 12.0. The van der Waals surface area contributed by atoms with Gasteiger partial charge in [0.05, 0.1) is 5.56 Å². The van der Waals surface area contributed by atoms with Crippen molar-refractivity contribution in [2.75, 3.05) is 5.73 Å². The zero-order valence-corrected chi connectivity index (χ0v) is 10.2. The van der Waals surface area contributed by atoms with Crippen LogP contribution in [0.15, 0.2) is 24.3 Å². The van der Waals surface area contributed by atoms with Crippen LogP contribution < -0.4 is 5.73 Å². The highest BCUT2D eigenvalue weighted by atomic mass is 16.5. The normalized spacial score (nSPS) is 24.3. The van der Waals surface area contributed by atoms with E-state index in [0.717, 1.165) is 19.3 Å². The van der Waals surface area contributed by atoms with Gasteiger partial charge < -0.3 is 10.5 Å². The Morgan fingerprint density at radius 2 is 2.00 bits per heavy atom. The van der Waals surface area contributed by atoms with E-state index in [1.54, 1.807) is 18.2 Å². The van der Waals surface area contributed by atoms with Gasteiger partial charge in [-0.05, 0) is 37.3 Å². The maximum absolute atomic E-state index is 12.0. The Morgan fingerprint density at radius 3 is 2.71 bits per heavy atom. The smallest absolute Gasteiger partial charge is 0.340 e. The molecule has 0 aliphatic heterocycles. The molecule has 0 bridgehead atoms. The summed E-state index contributed by atoms with van der Waals surface area (Å²) in [6.07, 6.45) is 4.55. The fraction of sp³-hybridized carbons (Fsp3) is 0.500. The molecule has 1 aromatic rings. The summed E-state index contributed by atoms with van der Waals surface area (Å²) in [5, 5.41) is 0. The molecule has 92 valence electrons. The van der Waals surface area contributed by atoms with Gasteiger partial charge >= 0.3 is 5.97 Å². The second-order valence-electron chi connectivity index (χ2n) is 4.79. The molecule has 1 fully saturated rings. The molecule has 17 heavy (non-hydrogen) atoms. The van der Waals surface area contributed by atoms with E-state index in [0.29, 0.717) is 17.2 Å². The van der Waals surface area contributed by atoms with Crippen LogP contribution in [0.4, 0.5) is 5.69 Å². The second kappa shape index (κ2) is 5.21. The van der Waals surface area contributed by atoms with Crippen LogP contribution in [0.1, 0.15) is 43.0 Å². The number of anilines is 1. The van der Waals surface area contributed by atoms with E-state index >= 15 is 0 Å². The lowest BCUT2D eigenvalue weighted by Gasteiger charge is -2.28. The highest BCUT2D eigenvalue weighted by molar-refractivity contribution is 5.95. The van der Waals surface area contributed by atoms with Crippen molar-refractivity contribution in [2.45, 2.75) is 38.7 Å². The summed E-state index contributed by atoms with van der Waals surface area (Å²) in [5.74, 6) is 0.166. The number of carbonyl (C=O) groups is 1. The van der Waals surface area contributed by atoms with Gasteiger partial charge in [0.2, 0.25) is 0 Å². The molecule has 0 radical (unpaired) electrons. The number of esters is 1. The molecule has 1 aliphatic rings. The third-order valence-corrected chi connectivity index (χ3v) is 3.47. The minimum atomic E-state index is -0.290. The standard InChI is InChI=1S/C14H19NO2/c1-10-6-2-5-9-13(10)17-14(16)11-7-3-4-8-12(11)15/h3-4,7-8,10,13H,2,5-6,9,15H2,1H3. The predicted molar refractivity (Wildman–Crippen MR) is 67.7 cm³/mol. The number of carbonyl (C=O) groups excluding carboxylic acids is 1. The van der Waals surface area contributed by atoms with Gasteiger partial charge in [-0.15, -0.1) is 0 Å². The van der Waals surface area contributed by atoms with Crippen LogP contribution in [0.5, 0.6) is 0 Å². The summed E-state index contributed by atoms with van der Waals surface area (Å²) in [6.45, 7) is 2.14. The van der Waals surface area contributed by atoms with Crippen LogP contribution in [0.25, 0.3) is 0 Å². The lowest BCUT2D eigenvalue weighted by Crippen LogP contribution is -2.28. The first kappa shape index (κ1) is 12.0. The molecule has 2 atom stereocenters. The van der Waals surface area contributed by atoms with E-state index in [2.05, 4.69) is 6.92 Å². The van der Waals surface area contributed by atoms with Crippen molar-refractivity contribution < 1.29 is 9.53 Å². The van der Waals surface area contributed by atoms with E-state index < -0.39 is 0 Å². The molecule has 2 unspecified atom stereocenters. The summed E-state index contributed by atoms with van der Waals surface area (Å²) in [6, 6.07) is 7.05. The summed E-state index contributed by atoms with van der Waals surface area (Å²) in [4.78, 5) is 12.0. The van der Waals surface area contributed by atoms with E-state index in [9.17, 15) is 4.79 Å². The number of hydrogen-bond acceptors (Lipinski definition) is 3. The highest BCUT2D eigenvalue weighted by Gasteiger charge is 2.25. The number of nitrogens with two attached hydrogens (primary N) is 1. The molecule has 0 spiro atoms. The maximum Gasteiger partial charge on any atom is 0.340 e. The highest BCUT2D eigenvalue weighted by Crippen LogP contribution is 2.27. The van der Waals surface area contributed by atoms with Crippen LogP contribution in [0.3, 0.4) is 0 Å². The fourth-order valence-electron chi connectivity index (χ4n) is 2.34. The van der Waals surface area contributed by atoms with Crippen molar-refractivity contribution in [1.82, 2.24) is 0 Å². The summed E-state index contributed by atoms with van der Waals surface area (Å²) in [5.41, 5.74) is 6.72. The molecule has 2 N–H and O–H groups in total. The first-order valence-electron chi connectivity index (χ1n) is 6.24. The lowest BCUT2D eigenvalue weighted by molar-refractivity contribution is 0.00493. The quantitative estimate of drug-likeness (QED) is 0.631. The lowest BCUT2D eigenvalue weighted by atomic mass is 9.88. The van der Waals surface area contributed by atoms with Gasteiger partial charge in [-0.3, -0.25) is 0 Å². The van der Waals surface area contributed by atoms with Gasteiger partial charge in [0, 0.05) is 5.69 Å². The monoisotopic (exact) mass is 233 g/mol. The molecule has 3 nitrogen and oxygen atoms in total. The van der Waals surface area contributed by atoms with E-state index in [1.807, 2.05) is 6.07 Å². The topological polar surface area (TPSA) is 52.3 Å². The summed E-state index contributed by atoms with van der Waals surface area (Å²) >= 11 is 0. The Hall–Kier alpha value is -1.51. The predicted octanol–water partition coefficient (Wildman–Crippen LogP) is 3.00. The van der Waals surface area contributed by atoms with Crippen molar-refractivity contribution in [3.8, 4) is 0 Å². The molecular formula is C14H19NO2. The van der Waals surface area contributed by atoms with Crippen molar-refractivity contribution >= 4 is 11.7 Å². The molecule has 1 saturated carbocycles. The van der Waals surface area contributed by atoms with Gasteiger partial charge in [0.15, 0.2) is 0 Å². The molecule has 0 heterocycles. The van der Waals surface area contributed by atoms with Crippen LogP contribution in [0.2, 0.25) is 0 Å². The molecule has 3 heteroatoms. The largest absolute Gasteiger partial charge is 0.458 e. The van der Waals surface area contributed by atoms with Gasteiger partial charge in [-0.1, -0.05) is 25.5 Å². The first-order valence-corrected chi connectivity index (χ1v) is 6.24. The van der Waals surface area contributed by atoms with E-state index in [-0.39, 0.29) is 12.1 Å². The van der Waals surface area contributed by atoms with Gasteiger partial charge in [0.1, 0.15) is 6.10 Å². The molecule has 1 aromatic carbocycles. The number of para-hydroxylation sites is 1. The van der Waals surface area contributed by atoms with Crippen LogP contribution >= 0.6 is 0 Å². The Bertz CT molecular complexity index is 403. The molecule has 2 rings (SSSR count). The number of ether oxygens (including phenoxy) is 1. The number of hydrogen-bond donors (Lipinski definition) is 1. The van der Waals surface area contributed by atoms with Crippen molar-refractivity contribution in [3.63, 3.8) is 0 Å². The zero-order chi connectivity index (χ0) is 12.3. The SMILES string of the molecule is CC1CCCCC1OC(=O)c1ccccc1N. The molecular weight excluding hydrogens is 214 g/mol. The Kier molecular flexibility index (Phi) is 3.67. The van der Waals surface area contributed by atoms with E-state index in [1.165, 1.54) is 6.42 Å². The molecule has 1 aliphatic carbocycles. The van der Waals surface area contributed by atoms with Crippen LogP contribution in [-0.4, -0.2) is 12.1 Å². The average molecular weight is 233 g/mol. The average Bonchev–Trinajstić information content (AvgIpc) is 2.32.